The van der Waals surface area contributed by atoms with Gasteiger partial charge in [-0.2, -0.15) is 0 Å². The molecule has 0 aromatic heterocycles. The number of hydrogen-bond donors (Lipinski definition) is 3. The lowest BCUT2D eigenvalue weighted by atomic mass is 10.1. The molecule has 1 aliphatic heterocycles. The highest BCUT2D eigenvalue weighted by molar-refractivity contribution is 5.79. The molecule has 0 spiro atoms. The van der Waals surface area contributed by atoms with Crippen molar-refractivity contribution < 1.29 is 14.6 Å². The van der Waals surface area contributed by atoms with Crippen molar-refractivity contribution in [2.24, 2.45) is 10.9 Å². The van der Waals surface area contributed by atoms with Gasteiger partial charge in [0.1, 0.15) is 5.75 Å². The number of ether oxygens (including phenoxy) is 2. The maximum atomic E-state index is 10.2. The first-order chi connectivity index (χ1) is 14.7. The van der Waals surface area contributed by atoms with Crippen molar-refractivity contribution in [1.82, 2.24) is 15.5 Å². The second-order valence-corrected chi connectivity index (χ2v) is 8.27. The summed E-state index contributed by atoms with van der Waals surface area (Å²) in [6.45, 7) is 7.21. The Balaban J connectivity index is 1.57. The van der Waals surface area contributed by atoms with Gasteiger partial charge >= 0.3 is 0 Å². The van der Waals surface area contributed by atoms with Crippen LogP contribution in [0.4, 0.5) is 0 Å². The fraction of sp³-hybridized carbons (Fsp3) is 0.696. The lowest BCUT2D eigenvalue weighted by Crippen LogP contribution is -2.43. The zero-order chi connectivity index (χ0) is 21.2. The second-order valence-electron chi connectivity index (χ2n) is 8.27. The van der Waals surface area contributed by atoms with Crippen molar-refractivity contribution >= 4 is 5.96 Å². The number of hydrogen-bond acceptors (Lipinski definition) is 5. The van der Waals surface area contributed by atoms with E-state index >= 15 is 0 Å². The summed E-state index contributed by atoms with van der Waals surface area (Å²) < 4.78 is 11.0. The van der Waals surface area contributed by atoms with Crippen LogP contribution < -0.4 is 15.4 Å². The van der Waals surface area contributed by atoms with Crippen LogP contribution in [0.15, 0.2) is 29.3 Å². The van der Waals surface area contributed by atoms with Crippen LogP contribution in [0.3, 0.4) is 0 Å². The Morgan fingerprint density at radius 1 is 1.27 bits per heavy atom. The normalized spacial score (nSPS) is 19.5. The van der Waals surface area contributed by atoms with Crippen molar-refractivity contribution in [3.8, 4) is 5.75 Å². The van der Waals surface area contributed by atoms with E-state index in [4.69, 9.17) is 9.47 Å². The summed E-state index contributed by atoms with van der Waals surface area (Å²) in [5.41, 5.74) is 1.24. The van der Waals surface area contributed by atoms with Gasteiger partial charge in [0.25, 0.3) is 0 Å². The molecule has 2 unspecified atom stereocenters. The lowest BCUT2D eigenvalue weighted by Gasteiger charge is -2.29. The molecule has 2 aliphatic rings. The molecule has 0 amide bonds. The Bertz CT molecular complexity index is 660. The topological polar surface area (TPSA) is 78.4 Å². The highest BCUT2D eigenvalue weighted by Crippen LogP contribution is 2.29. The molecule has 30 heavy (non-hydrogen) atoms. The van der Waals surface area contributed by atoms with E-state index in [1.807, 2.05) is 13.0 Å². The number of likely N-dealkylation sites (tertiary alicyclic amines) is 1. The Labute approximate surface area is 180 Å². The van der Waals surface area contributed by atoms with Gasteiger partial charge in [-0.15, -0.1) is 0 Å². The molecular weight excluding hydrogens is 380 g/mol. The zero-order valence-corrected chi connectivity index (χ0v) is 18.5. The van der Waals surface area contributed by atoms with Gasteiger partial charge in [-0.3, -0.25) is 9.89 Å². The van der Waals surface area contributed by atoms with Crippen molar-refractivity contribution in [3.63, 3.8) is 0 Å². The number of aliphatic imine (C=N–C) groups is 1. The summed E-state index contributed by atoms with van der Waals surface area (Å²) in [4.78, 5) is 7.09. The quantitative estimate of drug-likeness (QED) is 0.357. The monoisotopic (exact) mass is 418 g/mol. The summed E-state index contributed by atoms with van der Waals surface area (Å²) in [5.74, 6) is 2.32. The standard InChI is InChI=1S/C23H38N4O3/c1-3-24-23(25-14-20(28)17-30-16-18-9-10-18)26-15-22(27-11-4-5-12-27)19-7-6-8-21(13-19)29-2/h6-8,13,18,20,22,28H,3-5,9-12,14-17H2,1-2H3,(H2,24,25,26). The van der Waals surface area contributed by atoms with Gasteiger partial charge in [-0.25, -0.2) is 0 Å². The van der Waals surface area contributed by atoms with Crippen LogP contribution in [0.1, 0.15) is 44.2 Å². The second kappa shape index (κ2) is 12.1. The maximum Gasteiger partial charge on any atom is 0.191 e. The predicted octanol–water partition coefficient (Wildman–Crippen LogP) is 2.17. The van der Waals surface area contributed by atoms with Gasteiger partial charge in [-0.05, 0) is 69.3 Å². The molecule has 7 heteroatoms. The van der Waals surface area contributed by atoms with Crippen LogP contribution in [-0.2, 0) is 4.74 Å². The molecule has 1 saturated carbocycles. The molecule has 0 radical (unpaired) electrons. The van der Waals surface area contributed by atoms with Gasteiger partial charge in [0.2, 0.25) is 0 Å². The number of aliphatic hydroxyl groups excluding tert-OH is 1. The number of aliphatic hydroxyl groups is 1. The Kier molecular flexibility index (Phi) is 9.24. The molecule has 1 heterocycles. The minimum Gasteiger partial charge on any atom is -0.497 e. The molecule has 2 fully saturated rings. The number of rotatable bonds is 12. The van der Waals surface area contributed by atoms with Gasteiger partial charge in [0.15, 0.2) is 5.96 Å². The van der Waals surface area contributed by atoms with Crippen LogP contribution in [0, 0.1) is 5.92 Å². The summed E-state index contributed by atoms with van der Waals surface area (Å²) >= 11 is 0. The van der Waals surface area contributed by atoms with E-state index in [9.17, 15) is 5.11 Å². The Morgan fingerprint density at radius 2 is 2.07 bits per heavy atom. The maximum absolute atomic E-state index is 10.2. The van der Waals surface area contributed by atoms with E-state index in [-0.39, 0.29) is 6.04 Å². The van der Waals surface area contributed by atoms with Crippen molar-refractivity contribution in [3.05, 3.63) is 29.8 Å². The van der Waals surface area contributed by atoms with E-state index in [1.165, 1.54) is 31.2 Å². The highest BCUT2D eigenvalue weighted by Gasteiger charge is 2.24. The van der Waals surface area contributed by atoms with Crippen molar-refractivity contribution in [2.45, 2.75) is 44.8 Å². The van der Waals surface area contributed by atoms with E-state index in [0.717, 1.165) is 44.5 Å². The zero-order valence-electron chi connectivity index (χ0n) is 18.5. The molecule has 7 nitrogen and oxygen atoms in total. The molecule has 1 saturated heterocycles. The van der Waals surface area contributed by atoms with Crippen LogP contribution in [0.5, 0.6) is 5.75 Å². The molecule has 3 rings (SSSR count). The number of nitrogens with zero attached hydrogens (tertiary/aromatic N) is 2. The first kappa shape index (κ1) is 22.8. The van der Waals surface area contributed by atoms with Gasteiger partial charge in [-0.1, -0.05) is 12.1 Å². The van der Waals surface area contributed by atoms with Crippen molar-refractivity contribution in [2.75, 3.05) is 53.0 Å². The van der Waals surface area contributed by atoms with Gasteiger partial charge < -0.3 is 25.2 Å². The van der Waals surface area contributed by atoms with E-state index in [1.54, 1.807) is 7.11 Å². The summed E-state index contributed by atoms with van der Waals surface area (Å²) in [6.07, 6.45) is 4.41. The smallest absolute Gasteiger partial charge is 0.191 e. The third-order valence-corrected chi connectivity index (χ3v) is 5.69. The SMILES string of the molecule is CCNC(=NCC(O)COCC1CC1)NCC(c1cccc(OC)c1)N1CCCC1. The average Bonchev–Trinajstić information content (AvgIpc) is 3.43. The summed E-state index contributed by atoms with van der Waals surface area (Å²) in [5, 5.41) is 16.9. The first-order valence-corrected chi connectivity index (χ1v) is 11.4. The van der Waals surface area contributed by atoms with Crippen LogP contribution in [0.25, 0.3) is 0 Å². The fourth-order valence-electron chi connectivity index (χ4n) is 3.80. The van der Waals surface area contributed by atoms with Crippen LogP contribution in [0.2, 0.25) is 0 Å². The predicted molar refractivity (Wildman–Crippen MR) is 120 cm³/mol. The Hall–Kier alpha value is -1.83. The molecular formula is C23H38N4O3. The largest absolute Gasteiger partial charge is 0.497 e. The van der Waals surface area contributed by atoms with Crippen molar-refractivity contribution in [1.29, 1.82) is 0 Å². The Morgan fingerprint density at radius 3 is 2.77 bits per heavy atom. The minimum atomic E-state index is -0.577. The lowest BCUT2D eigenvalue weighted by molar-refractivity contribution is 0.0368. The summed E-state index contributed by atoms with van der Waals surface area (Å²) in [6, 6.07) is 8.57. The molecule has 1 aromatic carbocycles. The number of methoxy groups -OCH3 is 1. The number of nitrogens with one attached hydrogen (secondary N) is 2. The highest BCUT2D eigenvalue weighted by atomic mass is 16.5. The average molecular weight is 419 g/mol. The molecule has 0 bridgehead atoms. The third kappa shape index (κ3) is 7.45. The van der Waals surface area contributed by atoms with E-state index < -0.39 is 6.10 Å². The van der Waals surface area contributed by atoms with Gasteiger partial charge in [0.05, 0.1) is 32.4 Å². The van der Waals surface area contributed by atoms with E-state index in [2.05, 4.69) is 38.7 Å². The molecule has 1 aromatic rings. The van der Waals surface area contributed by atoms with Crippen LogP contribution in [-0.4, -0.2) is 75.1 Å². The fourth-order valence-corrected chi connectivity index (χ4v) is 3.80. The molecule has 2 atom stereocenters. The van der Waals surface area contributed by atoms with E-state index in [0.29, 0.717) is 19.1 Å². The number of benzene rings is 1. The minimum absolute atomic E-state index is 0.248. The molecule has 1 aliphatic carbocycles. The number of guanidine groups is 1. The summed E-state index contributed by atoms with van der Waals surface area (Å²) in [7, 11) is 1.71. The van der Waals surface area contributed by atoms with Gasteiger partial charge in [0, 0.05) is 19.7 Å². The first-order valence-electron chi connectivity index (χ1n) is 11.4. The van der Waals surface area contributed by atoms with Crippen LogP contribution >= 0.6 is 0 Å². The molecule has 3 N–H and O–H groups in total. The third-order valence-electron chi connectivity index (χ3n) is 5.69. The molecule has 168 valence electrons.